The van der Waals surface area contributed by atoms with Gasteiger partial charge in [0.25, 0.3) is 0 Å². The van der Waals surface area contributed by atoms with E-state index in [1.807, 2.05) is 57.6 Å². The van der Waals surface area contributed by atoms with Crippen LogP contribution in [0.5, 0.6) is 0 Å². The van der Waals surface area contributed by atoms with Gasteiger partial charge in [-0.05, 0) is 67.7 Å². The van der Waals surface area contributed by atoms with Crippen molar-refractivity contribution in [1.29, 1.82) is 0 Å². The van der Waals surface area contributed by atoms with E-state index in [0.29, 0.717) is 0 Å². The van der Waals surface area contributed by atoms with Crippen molar-refractivity contribution in [3.63, 3.8) is 0 Å². The average Bonchev–Trinajstić information content (AvgIpc) is 3.56. The number of rotatable bonds is 8. The lowest BCUT2D eigenvalue weighted by atomic mass is 10.0. The highest BCUT2D eigenvalue weighted by molar-refractivity contribution is 6.01. The first-order valence-corrected chi connectivity index (χ1v) is 13.1. The molecule has 0 amide bonds. The van der Waals surface area contributed by atoms with Gasteiger partial charge in [0.05, 0.1) is 34.8 Å². The fourth-order valence-corrected chi connectivity index (χ4v) is 4.91. The normalized spacial score (nSPS) is 11.6. The quantitative estimate of drug-likeness (QED) is 0.222. The SMILES string of the molecule is CN(C)CCNc1cc(F)cc(-c2cncc3[nH]c(-c4n[nH]c5ccc(-c6cncc(N(C)C)c6)cc45)cc23)c1. The molecule has 0 fully saturated rings. The molecule has 4 aromatic heterocycles. The monoisotopic (exact) mass is 534 g/mol. The minimum absolute atomic E-state index is 0.295. The zero-order valence-corrected chi connectivity index (χ0v) is 23.0. The van der Waals surface area contributed by atoms with Gasteiger partial charge in [-0.3, -0.25) is 15.1 Å². The Morgan fingerprint density at radius 2 is 1.65 bits per heavy atom. The molecule has 0 bridgehead atoms. The summed E-state index contributed by atoms with van der Waals surface area (Å²) >= 11 is 0. The molecule has 0 atom stereocenters. The Labute approximate surface area is 231 Å². The minimum atomic E-state index is -0.295. The van der Waals surface area contributed by atoms with Crippen LogP contribution in [0.15, 0.2) is 73.3 Å². The second-order valence-electron chi connectivity index (χ2n) is 10.4. The third kappa shape index (κ3) is 4.99. The Bertz CT molecular complexity index is 1820. The van der Waals surface area contributed by atoms with Crippen molar-refractivity contribution >= 4 is 33.2 Å². The fraction of sp³-hybridized carbons (Fsp3) is 0.194. The molecule has 0 aliphatic rings. The first kappa shape index (κ1) is 25.5. The van der Waals surface area contributed by atoms with Crippen LogP contribution >= 0.6 is 0 Å². The largest absolute Gasteiger partial charge is 0.384 e. The fourth-order valence-electron chi connectivity index (χ4n) is 4.91. The summed E-state index contributed by atoms with van der Waals surface area (Å²) in [4.78, 5) is 16.5. The summed E-state index contributed by atoms with van der Waals surface area (Å²) in [5, 5.41) is 13.1. The van der Waals surface area contributed by atoms with E-state index in [0.717, 1.165) is 79.9 Å². The third-order valence-electron chi connectivity index (χ3n) is 7.03. The van der Waals surface area contributed by atoms with Crippen LogP contribution < -0.4 is 10.2 Å². The molecular weight excluding hydrogens is 503 g/mol. The zero-order chi connectivity index (χ0) is 27.8. The molecule has 0 aliphatic heterocycles. The summed E-state index contributed by atoms with van der Waals surface area (Å²) in [7, 11) is 8.03. The standard InChI is InChI=1S/C31H31FN8/c1-39(2)8-7-35-23-10-20(9-22(32)13-23)27-17-34-18-30-25(27)14-29(36-30)31-26-12-19(5-6-28(26)37-38-31)21-11-24(40(3)4)16-33-15-21/h5-6,9-18,35-36H,7-8H2,1-4H3,(H,37,38). The van der Waals surface area contributed by atoms with Gasteiger partial charge in [-0.15, -0.1) is 0 Å². The number of aromatic amines is 2. The molecule has 0 radical (unpaired) electrons. The van der Waals surface area contributed by atoms with E-state index in [1.165, 1.54) is 6.07 Å². The van der Waals surface area contributed by atoms with Crippen LogP contribution in [0.1, 0.15) is 0 Å². The summed E-state index contributed by atoms with van der Waals surface area (Å²) in [6.45, 7) is 1.57. The lowest BCUT2D eigenvalue weighted by Crippen LogP contribution is -2.20. The van der Waals surface area contributed by atoms with E-state index in [1.54, 1.807) is 18.5 Å². The number of H-pyrrole nitrogens is 2. The summed E-state index contributed by atoms with van der Waals surface area (Å²) in [6, 6.07) is 15.5. The average molecular weight is 535 g/mol. The van der Waals surface area contributed by atoms with Gasteiger partial charge in [0.2, 0.25) is 0 Å². The molecule has 0 unspecified atom stereocenters. The van der Waals surface area contributed by atoms with E-state index >= 15 is 0 Å². The number of nitrogens with one attached hydrogen (secondary N) is 3. The molecule has 40 heavy (non-hydrogen) atoms. The Hall–Kier alpha value is -4.76. The molecule has 6 rings (SSSR count). The first-order valence-electron chi connectivity index (χ1n) is 13.1. The Balaban J connectivity index is 1.39. The zero-order valence-electron chi connectivity index (χ0n) is 23.0. The topological polar surface area (TPSA) is 88.8 Å². The number of benzene rings is 2. The van der Waals surface area contributed by atoms with E-state index < -0.39 is 0 Å². The van der Waals surface area contributed by atoms with Gasteiger partial charge in [0.15, 0.2) is 0 Å². The van der Waals surface area contributed by atoms with Crippen molar-refractivity contribution in [2.75, 3.05) is 51.5 Å². The van der Waals surface area contributed by atoms with Crippen LogP contribution in [0.2, 0.25) is 0 Å². The van der Waals surface area contributed by atoms with Crippen LogP contribution in [0.25, 0.3) is 55.4 Å². The minimum Gasteiger partial charge on any atom is -0.384 e. The maximum absolute atomic E-state index is 14.6. The van der Waals surface area contributed by atoms with Crippen LogP contribution in [-0.4, -0.2) is 71.3 Å². The number of pyridine rings is 2. The van der Waals surface area contributed by atoms with Gasteiger partial charge in [0, 0.05) is 67.2 Å². The molecular formula is C31H31FN8. The number of nitrogens with zero attached hydrogens (tertiary/aromatic N) is 5. The van der Waals surface area contributed by atoms with Gasteiger partial charge in [-0.25, -0.2) is 4.39 Å². The molecule has 4 heterocycles. The summed E-state index contributed by atoms with van der Waals surface area (Å²) in [5.74, 6) is -0.295. The van der Waals surface area contributed by atoms with Crippen molar-refractivity contribution in [2.45, 2.75) is 0 Å². The Morgan fingerprint density at radius 3 is 2.48 bits per heavy atom. The number of anilines is 2. The van der Waals surface area contributed by atoms with Gasteiger partial charge < -0.3 is 20.1 Å². The molecule has 0 saturated heterocycles. The molecule has 9 heteroatoms. The molecule has 8 nitrogen and oxygen atoms in total. The first-order chi connectivity index (χ1) is 19.4. The number of halogens is 1. The molecule has 6 aromatic rings. The highest BCUT2D eigenvalue weighted by atomic mass is 19.1. The van der Waals surface area contributed by atoms with Gasteiger partial charge in [0.1, 0.15) is 11.5 Å². The molecule has 0 saturated carbocycles. The molecule has 3 N–H and O–H groups in total. The van der Waals surface area contributed by atoms with Gasteiger partial charge >= 0.3 is 0 Å². The Morgan fingerprint density at radius 1 is 0.800 bits per heavy atom. The summed E-state index contributed by atoms with van der Waals surface area (Å²) in [6.07, 6.45) is 7.29. The maximum atomic E-state index is 14.6. The lowest BCUT2D eigenvalue weighted by Gasteiger charge is -2.13. The van der Waals surface area contributed by atoms with Crippen molar-refractivity contribution < 1.29 is 4.39 Å². The van der Waals surface area contributed by atoms with Crippen molar-refractivity contribution in [1.82, 2.24) is 30.0 Å². The maximum Gasteiger partial charge on any atom is 0.125 e. The van der Waals surface area contributed by atoms with Gasteiger partial charge in [-0.1, -0.05) is 6.07 Å². The number of hydrogen-bond donors (Lipinski definition) is 3. The van der Waals surface area contributed by atoms with Crippen molar-refractivity contribution in [3.8, 4) is 33.6 Å². The van der Waals surface area contributed by atoms with Crippen LogP contribution in [-0.2, 0) is 0 Å². The van der Waals surface area contributed by atoms with E-state index in [9.17, 15) is 4.39 Å². The lowest BCUT2D eigenvalue weighted by molar-refractivity contribution is 0.425. The highest BCUT2D eigenvalue weighted by Gasteiger charge is 2.16. The molecule has 202 valence electrons. The third-order valence-corrected chi connectivity index (χ3v) is 7.03. The Kier molecular flexibility index (Phi) is 6.65. The number of aromatic nitrogens is 5. The molecule has 0 aliphatic carbocycles. The molecule has 2 aromatic carbocycles. The molecule has 0 spiro atoms. The van der Waals surface area contributed by atoms with E-state index in [4.69, 9.17) is 0 Å². The number of hydrogen-bond acceptors (Lipinski definition) is 6. The summed E-state index contributed by atoms with van der Waals surface area (Å²) < 4.78 is 14.6. The highest BCUT2D eigenvalue weighted by Crippen LogP contribution is 2.36. The van der Waals surface area contributed by atoms with Crippen LogP contribution in [0.4, 0.5) is 15.8 Å². The van der Waals surface area contributed by atoms with E-state index in [2.05, 4.69) is 59.6 Å². The van der Waals surface area contributed by atoms with Crippen LogP contribution in [0.3, 0.4) is 0 Å². The second-order valence-corrected chi connectivity index (χ2v) is 10.4. The van der Waals surface area contributed by atoms with Gasteiger partial charge in [-0.2, -0.15) is 5.10 Å². The van der Waals surface area contributed by atoms with E-state index in [-0.39, 0.29) is 5.82 Å². The predicted octanol–water partition coefficient (Wildman–Crippen LogP) is 6.01. The number of fused-ring (bicyclic) bond motifs is 2. The second kappa shape index (κ2) is 10.4. The van der Waals surface area contributed by atoms with Crippen LogP contribution in [0, 0.1) is 5.82 Å². The summed E-state index contributed by atoms with van der Waals surface area (Å²) in [5.41, 5.74) is 8.93. The smallest absolute Gasteiger partial charge is 0.125 e. The number of likely N-dealkylation sites (N-methyl/N-ethyl adjacent to an activating group) is 1. The van der Waals surface area contributed by atoms with Crippen molar-refractivity contribution in [2.24, 2.45) is 0 Å². The predicted molar refractivity (Wildman–Crippen MR) is 161 cm³/mol. The van der Waals surface area contributed by atoms with Crippen molar-refractivity contribution in [3.05, 3.63) is 79.1 Å².